The molecule has 1 aliphatic heterocycles. The van der Waals surface area contributed by atoms with Crippen LogP contribution in [0.4, 0.5) is 26.7 Å². The van der Waals surface area contributed by atoms with Gasteiger partial charge < -0.3 is 20.9 Å². The Morgan fingerprint density at radius 3 is 2.19 bits per heavy atom. The first-order valence-electron chi connectivity index (χ1n) is 9.41. The minimum Gasteiger partial charge on any atom is -0.325 e. The van der Waals surface area contributed by atoms with E-state index in [1.54, 1.807) is 6.07 Å². The highest BCUT2D eigenvalue weighted by atomic mass is 16.2. The molecule has 0 unspecified atom stereocenters. The Kier molecular flexibility index (Phi) is 6.30. The average Bonchev–Trinajstić information content (AvgIpc) is 2.95. The number of benzene rings is 2. The van der Waals surface area contributed by atoms with E-state index in [0.29, 0.717) is 11.4 Å². The largest absolute Gasteiger partial charge is 0.325 e. The number of amides is 4. The quantitative estimate of drug-likeness (QED) is 0.711. The lowest BCUT2D eigenvalue weighted by molar-refractivity contribution is 0.213. The first-order chi connectivity index (χ1) is 13.1. The Bertz CT molecular complexity index is 784. The topological polar surface area (TPSA) is 73.5 Å². The minimum absolute atomic E-state index is 0.0779. The van der Waals surface area contributed by atoms with Crippen molar-refractivity contribution in [3.63, 3.8) is 0 Å². The van der Waals surface area contributed by atoms with Crippen LogP contribution in [-0.2, 0) is 0 Å². The molecule has 0 aliphatic carbocycles. The number of carbonyl (C=O) groups is 2. The summed E-state index contributed by atoms with van der Waals surface area (Å²) in [6, 6.07) is 14.3. The fraction of sp³-hybridized carbons (Fsp3) is 0.333. The summed E-state index contributed by atoms with van der Waals surface area (Å²) in [5.41, 5.74) is 3.01. The molecule has 6 nitrogen and oxygen atoms in total. The van der Waals surface area contributed by atoms with E-state index in [0.717, 1.165) is 37.2 Å². The first-order valence-corrected chi connectivity index (χ1v) is 9.41. The van der Waals surface area contributed by atoms with Crippen LogP contribution in [0.2, 0.25) is 0 Å². The fourth-order valence-corrected chi connectivity index (χ4v) is 3.12. The fourth-order valence-electron chi connectivity index (χ4n) is 3.12. The lowest BCUT2D eigenvalue weighted by Gasteiger charge is -2.21. The van der Waals surface area contributed by atoms with Crippen LogP contribution in [0.15, 0.2) is 48.5 Å². The van der Waals surface area contributed by atoms with Gasteiger partial charge in [0.2, 0.25) is 0 Å². The van der Waals surface area contributed by atoms with Gasteiger partial charge >= 0.3 is 12.1 Å². The van der Waals surface area contributed by atoms with Crippen LogP contribution in [0.5, 0.6) is 0 Å². The van der Waals surface area contributed by atoms with E-state index in [9.17, 15) is 9.59 Å². The summed E-state index contributed by atoms with van der Waals surface area (Å²) in [4.78, 5) is 26.6. The van der Waals surface area contributed by atoms with Crippen molar-refractivity contribution in [2.45, 2.75) is 32.6 Å². The van der Waals surface area contributed by atoms with Crippen LogP contribution >= 0.6 is 0 Å². The van der Waals surface area contributed by atoms with Crippen molar-refractivity contribution >= 4 is 29.1 Å². The van der Waals surface area contributed by atoms with Crippen LogP contribution in [0, 0.1) is 6.92 Å². The van der Waals surface area contributed by atoms with Crippen molar-refractivity contribution < 1.29 is 9.59 Å². The van der Waals surface area contributed by atoms with Crippen LogP contribution < -0.4 is 16.0 Å². The first kappa shape index (κ1) is 18.8. The Balaban J connectivity index is 1.63. The molecule has 27 heavy (non-hydrogen) atoms. The molecule has 0 bridgehead atoms. The number of carbonyl (C=O) groups excluding carboxylic acids is 2. The molecule has 3 rings (SSSR count). The molecule has 1 heterocycles. The molecular weight excluding hydrogens is 340 g/mol. The van der Waals surface area contributed by atoms with E-state index < -0.39 is 0 Å². The monoisotopic (exact) mass is 366 g/mol. The lowest BCUT2D eigenvalue weighted by atomic mass is 10.2. The van der Waals surface area contributed by atoms with Gasteiger partial charge in [0, 0.05) is 30.2 Å². The van der Waals surface area contributed by atoms with E-state index in [-0.39, 0.29) is 12.1 Å². The molecule has 1 aliphatic rings. The molecule has 4 amide bonds. The molecule has 0 aromatic heterocycles. The van der Waals surface area contributed by atoms with Crippen LogP contribution in [0.1, 0.15) is 31.2 Å². The molecule has 3 N–H and O–H groups in total. The summed E-state index contributed by atoms with van der Waals surface area (Å²) in [5.74, 6) is 0. The maximum Gasteiger partial charge on any atom is 0.323 e. The van der Waals surface area contributed by atoms with Gasteiger partial charge in [-0.05, 0) is 49.6 Å². The number of nitrogens with zero attached hydrogens (tertiary/aromatic N) is 1. The average molecular weight is 366 g/mol. The molecule has 0 saturated carbocycles. The van der Waals surface area contributed by atoms with Gasteiger partial charge in [-0.1, -0.05) is 37.1 Å². The molecular formula is C21H26N4O2. The molecule has 6 heteroatoms. The third-order valence-corrected chi connectivity index (χ3v) is 4.66. The number of urea groups is 2. The maximum absolute atomic E-state index is 12.6. The van der Waals surface area contributed by atoms with Gasteiger partial charge in [0.25, 0.3) is 0 Å². The number of nitrogens with one attached hydrogen (secondary N) is 3. The summed E-state index contributed by atoms with van der Waals surface area (Å²) in [7, 11) is 0. The maximum atomic E-state index is 12.6. The second-order valence-electron chi connectivity index (χ2n) is 6.81. The molecule has 2 aromatic rings. The van der Waals surface area contributed by atoms with Gasteiger partial charge in [-0.15, -0.1) is 0 Å². The molecule has 1 saturated heterocycles. The van der Waals surface area contributed by atoms with Crippen LogP contribution in [-0.4, -0.2) is 30.1 Å². The van der Waals surface area contributed by atoms with Gasteiger partial charge in [-0.2, -0.15) is 0 Å². The van der Waals surface area contributed by atoms with Crippen LogP contribution in [0.3, 0.4) is 0 Å². The SMILES string of the molecule is Cc1ccc(NC(=O)Nc2ccccc2)cc1NC(=O)N1CCCCCC1. The van der Waals surface area contributed by atoms with Gasteiger partial charge in [0.1, 0.15) is 0 Å². The highest BCUT2D eigenvalue weighted by Gasteiger charge is 2.16. The van der Waals surface area contributed by atoms with Crippen LogP contribution in [0.25, 0.3) is 0 Å². The predicted octanol–water partition coefficient (Wildman–Crippen LogP) is 5.05. The molecule has 0 radical (unpaired) electrons. The number of aryl methyl sites for hydroxylation is 1. The van der Waals surface area contributed by atoms with Crippen molar-refractivity contribution in [2.75, 3.05) is 29.0 Å². The van der Waals surface area contributed by atoms with E-state index in [2.05, 4.69) is 16.0 Å². The van der Waals surface area contributed by atoms with Gasteiger partial charge in [-0.3, -0.25) is 0 Å². The van der Waals surface area contributed by atoms with Crippen molar-refractivity contribution in [1.29, 1.82) is 0 Å². The molecule has 0 atom stereocenters. The van der Waals surface area contributed by atoms with E-state index in [4.69, 9.17) is 0 Å². The van der Waals surface area contributed by atoms with Crippen molar-refractivity contribution in [3.8, 4) is 0 Å². The molecule has 1 fully saturated rings. The number of anilines is 3. The number of hydrogen-bond donors (Lipinski definition) is 3. The Morgan fingerprint density at radius 2 is 1.48 bits per heavy atom. The summed E-state index contributed by atoms with van der Waals surface area (Å²) >= 11 is 0. The standard InChI is InChI=1S/C21H26N4O2/c1-16-11-12-18(23-20(26)22-17-9-5-4-6-10-17)15-19(16)24-21(27)25-13-7-2-3-8-14-25/h4-6,9-12,15H,2-3,7-8,13-14H2,1H3,(H,24,27)(H2,22,23,26). The third kappa shape index (κ3) is 5.48. The zero-order valence-corrected chi connectivity index (χ0v) is 15.6. The molecule has 0 spiro atoms. The Labute approximate surface area is 159 Å². The lowest BCUT2D eigenvalue weighted by Crippen LogP contribution is -2.35. The van der Waals surface area contributed by atoms with E-state index in [1.807, 2.05) is 54.3 Å². The van der Waals surface area contributed by atoms with E-state index >= 15 is 0 Å². The zero-order chi connectivity index (χ0) is 19.1. The summed E-state index contributed by atoms with van der Waals surface area (Å²) in [5, 5.41) is 8.57. The Hall–Kier alpha value is -3.02. The third-order valence-electron chi connectivity index (χ3n) is 4.66. The number of rotatable bonds is 3. The zero-order valence-electron chi connectivity index (χ0n) is 15.6. The summed E-state index contributed by atoms with van der Waals surface area (Å²) < 4.78 is 0. The molecule has 142 valence electrons. The highest BCUT2D eigenvalue weighted by molar-refractivity contribution is 6.00. The van der Waals surface area contributed by atoms with Crippen molar-refractivity contribution in [3.05, 3.63) is 54.1 Å². The highest BCUT2D eigenvalue weighted by Crippen LogP contribution is 2.22. The smallest absolute Gasteiger partial charge is 0.323 e. The van der Waals surface area contributed by atoms with Crippen molar-refractivity contribution in [2.24, 2.45) is 0 Å². The second kappa shape index (κ2) is 9.07. The second-order valence-corrected chi connectivity index (χ2v) is 6.81. The summed E-state index contributed by atoms with van der Waals surface area (Å²) in [6.45, 7) is 3.52. The van der Waals surface area contributed by atoms with E-state index in [1.165, 1.54) is 12.8 Å². The van der Waals surface area contributed by atoms with Gasteiger partial charge in [0.05, 0.1) is 0 Å². The number of para-hydroxylation sites is 1. The van der Waals surface area contributed by atoms with Gasteiger partial charge in [-0.25, -0.2) is 9.59 Å². The molecule has 2 aromatic carbocycles. The summed E-state index contributed by atoms with van der Waals surface area (Å²) in [6.07, 6.45) is 4.46. The normalized spacial score (nSPS) is 14.2. The number of hydrogen-bond acceptors (Lipinski definition) is 2. The Morgan fingerprint density at radius 1 is 0.815 bits per heavy atom. The number of likely N-dealkylation sites (tertiary alicyclic amines) is 1. The minimum atomic E-state index is -0.324. The van der Waals surface area contributed by atoms with Gasteiger partial charge in [0.15, 0.2) is 0 Å². The predicted molar refractivity (Wildman–Crippen MR) is 109 cm³/mol. The van der Waals surface area contributed by atoms with Crippen molar-refractivity contribution in [1.82, 2.24) is 4.90 Å².